The Morgan fingerprint density at radius 2 is 1.65 bits per heavy atom. The fraction of sp³-hybridized carbons (Fsp3) is 0.381. The number of hydrogen-bond acceptors (Lipinski definition) is 2. The number of carbonyl (C=O) groups is 1. The minimum Gasteiger partial charge on any atom is -0.482 e. The van der Waals surface area contributed by atoms with E-state index in [4.69, 9.17) is 16.3 Å². The van der Waals surface area contributed by atoms with E-state index in [9.17, 15) is 36.2 Å². The SMILES string of the molecule is CC(C)C[C@@H](C(=O)O)c1cc(Cl)c(OCC(F)(F)F)c(-c2ccc(C(F)(F)F)cc2)c1. The van der Waals surface area contributed by atoms with Gasteiger partial charge in [-0.05, 0) is 47.7 Å². The fourth-order valence-electron chi connectivity index (χ4n) is 3.02. The maximum absolute atomic E-state index is 12.9. The van der Waals surface area contributed by atoms with E-state index in [1.165, 1.54) is 12.1 Å². The van der Waals surface area contributed by atoms with Crippen LogP contribution in [0.3, 0.4) is 0 Å². The molecule has 0 fully saturated rings. The number of carboxylic acid groups (broad SMARTS) is 1. The first-order valence-corrected chi connectivity index (χ1v) is 9.50. The normalized spacial score (nSPS) is 13.4. The molecular formula is C21H19ClF6O3. The number of aliphatic carboxylic acids is 1. The molecule has 0 saturated carbocycles. The Hall–Kier alpha value is -2.42. The lowest BCUT2D eigenvalue weighted by Gasteiger charge is -2.20. The molecule has 0 aliphatic heterocycles. The zero-order chi connectivity index (χ0) is 23.6. The molecule has 0 aliphatic rings. The van der Waals surface area contributed by atoms with E-state index in [0.717, 1.165) is 24.3 Å². The Morgan fingerprint density at radius 3 is 2.10 bits per heavy atom. The van der Waals surface area contributed by atoms with Crippen molar-refractivity contribution in [1.29, 1.82) is 0 Å². The van der Waals surface area contributed by atoms with Crippen LogP contribution in [0.15, 0.2) is 36.4 Å². The van der Waals surface area contributed by atoms with E-state index < -0.39 is 42.2 Å². The smallest absolute Gasteiger partial charge is 0.422 e. The molecule has 0 aromatic heterocycles. The van der Waals surface area contributed by atoms with Gasteiger partial charge >= 0.3 is 18.3 Å². The minimum absolute atomic E-state index is 0.0180. The van der Waals surface area contributed by atoms with E-state index in [-0.39, 0.29) is 34.1 Å². The monoisotopic (exact) mass is 468 g/mol. The van der Waals surface area contributed by atoms with Gasteiger partial charge in [0.25, 0.3) is 0 Å². The summed E-state index contributed by atoms with van der Waals surface area (Å²) in [4.78, 5) is 11.7. The van der Waals surface area contributed by atoms with Crippen LogP contribution in [0.4, 0.5) is 26.3 Å². The van der Waals surface area contributed by atoms with Crippen LogP contribution in [0, 0.1) is 5.92 Å². The maximum atomic E-state index is 12.9. The van der Waals surface area contributed by atoms with Crippen LogP contribution in [-0.2, 0) is 11.0 Å². The lowest BCUT2D eigenvalue weighted by Crippen LogP contribution is -2.20. The second-order valence-corrected chi connectivity index (χ2v) is 7.79. The Kier molecular flexibility index (Phi) is 7.52. The molecule has 2 aromatic carbocycles. The van der Waals surface area contributed by atoms with Gasteiger partial charge in [0.1, 0.15) is 5.75 Å². The molecule has 1 N–H and O–H groups in total. The number of hydrogen-bond donors (Lipinski definition) is 1. The topological polar surface area (TPSA) is 46.5 Å². The number of carboxylic acids is 1. The summed E-state index contributed by atoms with van der Waals surface area (Å²) >= 11 is 6.14. The van der Waals surface area contributed by atoms with Crippen molar-refractivity contribution in [1.82, 2.24) is 0 Å². The molecule has 2 aromatic rings. The van der Waals surface area contributed by atoms with Crippen molar-refractivity contribution in [3.8, 4) is 16.9 Å². The highest BCUT2D eigenvalue weighted by molar-refractivity contribution is 6.32. The van der Waals surface area contributed by atoms with Gasteiger partial charge in [-0.2, -0.15) is 26.3 Å². The largest absolute Gasteiger partial charge is 0.482 e. The molecule has 1 atom stereocenters. The van der Waals surface area contributed by atoms with Gasteiger partial charge in [-0.25, -0.2) is 0 Å². The average molecular weight is 469 g/mol. The summed E-state index contributed by atoms with van der Waals surface area (Å²) in [5.41, 5.74) is -0.668. The Labute approximate surface area is 179 Å². The van der Waals surface area contributed by atoms with Crippen molar-refractivity contribution in [3.63, 3.8) is 0 Å². The third kappa shape index (κ3) is 6.78. The summed E-state index contributed by atoms with van der Waals surface area (Å²) in [6.45, 7) is 1.93. The van der Waals surface area contributed by atoms with Crippen LogP contribution < -0.4 is 4.74 Å². The van der Waals surface area contributed by atoms with E-state index >= 15 is 0 Å². The Balaban J connectivity index is 2.62. The molecule has 0 bridgehead atoms. The highest BCUT2D eigenvalue weighted by Crippen LogP contribution is 2.42. The van der Waals surface area contributed by atoms with Crippen molar-refractivity contribution in [3.05, 3.63) is 52.5 Å². The van der Waals surface area contributed by atoms with Crippen molar-refractivity contribution >= 4 is 17.6 Å². The van der Waals surface area contributed by atoms with Gasteiger partial charge < -0.3 is 9.84 Å². The summed E-state index contributed by atoms with van der Waals surface area (Å²) in [5.74, 6) is -2.58. The highest BCUT2D eigenvalue weighted by atomic mass is 35.5. The molecule has 31 heavy (non-hydrogen) atoms. The zero-order valence-electron chi connectivity index (χ0n) is 16.4. The first-order valence-electron chi connectivity index (χ1n) is 9.12. The lowest BCUT2D eigenvalue weighted by molar-refractivity contribution is -0.153. The summed E-state index contributed by atoms with van der Waals surface area (Å²) in [6.07, 6.45) is -9.05. The van der Waals surface area contributed by atoms with E-state index in [2.05, 4.69) is 0 Å². The third-order valence-corrected chi connectivity index (χ3v) is 4.66. The number of benzene rings is 2. The number of rotatable bonds is 7. The van der Waals surface area contributed by atoms with Gasteiger partial charge in [0, 0.05) is 5.56 Å². The van der Waals surface area contributed by atoms with Crippen molar-refractivity contribution < 1.29 is 41.0 Å². The molecular weight excluding hydrogens is 450 g/mol. The predicted octanol–water partition coefficient (Wildman–Crippen LogP) is 7.18. The predicted molar refractivity (Wildman–Crippen MR) is 103 cm³/mol. The first kappa shape index (κ1) is 24.8. The second kappa shape index (κ2) is 9.38. The number of ether oxygens (including phenoxy) is 1. The lowest BCUT2D eigenvalue weighted by atomic mass is 9.88. The van der Waals surface area contributed by atoms with Crippen LogP contribution in [0.25, 0.3) is 11.1 Å². The molecule has 0 saturated heterocycles. The van der Waals surface area contributed by atoms with Crippen molar-refractivity contribution in [2.24, 2.45) is 5.92 Å². The van der Waals surface area contributed by atoms with Gasteiger partial charge in [-0.1, -0.05) is 37.6 Å². The van der Waals surface area contributed by atoms with Crippen LogP contribution in [0.5, 0.6) is 5.75 Å². The molecule has 170 valence electrons. The second-order valence-electron chi connectivity index (χ2n) is 7.38. The molecule has 0 spiro atoms. The van der Waals surface area contributed by atoms with Crippen LogP contribution >= 0.6 is 11.6 Å². The van der Waals surface area contributed by atoms with Gasteiger partial charge in [0.15, 0.2) is 6.61 Å². The standard InChI is InChI=1S/C21H19ClF6O3/c1-11(2)7-16(19(29)30)13-8-15(12-3-5-14(6-4-12)21(26,27)28)18(17(22)9-13)31-10-20(23,24)25/h3-6,8-9,11,16H,7,10H2,1-2H3,(H,29,30)/t16-/m1/s1. The van der Waals surface area contributed by atoms with Gasteiger partial charge in [-0.3, -0.25) is 4.79 Å². The summed E-state index contributed by atoms with van der Waals surface area (Å²) in [7, 11) is 0. The molecule has 0 heterocycles. The van der Waals surface area contributed by atoms with E-state index in [1.807, 2.05) is 0 Å². The molecule has 10 heteroatoms. The molecule has 0 unspecified atom stereocenters. The fourth-order valence-corrected chi connectivity index (χ4v) is 3.30. The van der Waals surface area contributed by atoms with Gasteiger partial charge in [0.2, 0.25) is 0 Å². The maximum Gasteiger partial charge on any atom is 0.422 e. The summed E-state index contributed by atoms with van der Waals surface area (Å²) < 4.78 is 81.5. The van der Waals surface area contributed by atoms with Crippen LogP contribution in [-0.4, -0.2) is 23.9 Å². The summed E-state index contributed by atoms with van der Waals surface area (Å²) in [6, 6.07) is 6.18. The number of alkyl halides is 6. The van der Waals surface area contributed by atoms with E-state index in [0.29, 0.717) is 0 Å². The minimum atomic E-state index is -4.68. The first-order chi connectivity index (χ1) is 14.2. The quantitative estimate of drug-likeness (QED) is 0.438. The Morgan fingerprint density at radius 1 is 1.06 bits per heavy atom. The molecule has 0 amide bonds. The number of halogens is 7. The summed E-state index contributed by atoms with van der Waals surface area (Å²) in [5, 5.41) is 9.31. The average Bonchev–Trinajstić information content (AvgIpc) is 2.63. The third-order valence-electron chi connectivity index (χ3n) is 4.38. The van der Waals surface area contributed by atoms with Gasteiger partial charge in [0.05, 0.1) is 16.5 Å². The molecule has 0 radical (unpaired) electrons. The molecule has 3 nitrogen and oxygen atoms in total. The zero-order valence-corrected chi connectivity index (χ0v) is 17.2. The molecule has 0 aliphatic carbocycles. The Bertz CT molecular complexity index is 920. The van der Waals surface area contributed by atoms with Crippen LogP contribution in [0.1, 0.15) is 37.3 Å². The van der Waals surface area contributed by atoms with Gasteiger partial charge in [-0.15, -0.1) is 0 Å². The van der Waals surface area contributed by atoms with Crippen LogP contribution in [0.2, 0.25) is 5.02 Å². The molecule has 2 rings (SSSR count). The van der Waals surface area contributed by atoms with Crippen molar-refractivity contribution in [2.75, 3.05) is 6.61 Å². The van der Waals surface area contributed by atoms with Crippen molar-refractivity contribution in [2.45, 2.75) is 38.5 Å². The van der Waals surface area contributed by atoms with E-state index in [1.54, 1.807) is 13.8 Å². The highest BCUT2D eigenvalue weighted by Gasteiger charge is 2.32.